The first-order valence-corrected chi connectivity index (χ1v) is 8.64. The molecule has 0 aliphatic rings. The van der Waals surface area contributed by atoms with E-state index >= 15 is 0 Å². The van der Waals surface area contributed by atoms with Crippen LogP contribution in [0.15, 0.2) is 36.4 Å². The Morgan fingerprint density at radius 3 is 2.58 bits per heavy atom. The van der Waals surface area contributed by atoms with Crippen LogP contribution >= 0.6 is 23.2 Å². The molecule has 2 amide bonds. The van der Waals surface area contributed by atoms with Gasteiger partial charge in [0, 0.05) is 5.69 Å². The summed E-state index contributed by atoms with van der Waals surface area (Å²) in [7, 11) is 1.53. The number of carbonyl (C=O) groups is 1. The van der Waals surface area contributed by atoms with Crippen LogP contribution in [0.3, 0.4) is 0 Å². The maximum Gasteiger partial charge on any atom is 0.319 e. The molecule has 0 aliphatic carbocycles. The molecule has 1 atom stereocenters. The molecular formula is C18H20Cl2N2O4. The number of ether oxygens (including phenoxy) is 2. The van der Waals surface area contributed by atoms with Crippen molar-refractivity contribution in [1.82, 2.24) is 5.32 Å². The molecule has 0 heterocycles. The number of hydrogen-bond acceptors (Lipinski definition) is 4. The van der Waals surface area contributed by atoms with E-state index in [4.69, 9.17) is 37.8 Å². The van der Waals surface area contributed by atoms with Gasteiger partial charge in [-0.3, -0.25) is 0 Å². The summed E-state index contributed by atoms with van der Waals surface area (Å²) in [5, 5.41) is 15.2. The lowest BCUT2D eigenvalue weighted by Gasteiger charge is -2.17. The molecule has 0 aromatic heterocycles. The van der Waals surface area contributed by atoms with Crippen LogP contribution < -0.4 is 20.1 Å². The van der Waals surface area contributed by atoms with Gasteiger partial charge in [-0.15, -0.1) is 0 Å². The Morgan fingerprint density at radius 2 is 1.92 bits per heavy atom. The van der Waals surface area contributed by atoms with E-state index in [1.165, 1.54) is 7.11 Å². The lowest BCUT2D eigenvalue weighted by atomic mass is 10.1. The summed E-state index contributed by atoms with van der Waals surface area (Å²) in [5.41, 5.74) is 1.37. The molecule has 0 aliphatic heterocycles. The van der Waals surface area contributed by atoms with E-state index in [-0.39, 0.29) is 25.3 Å². The van der Waals surface area contributed by atoms with Gasteiger partial charge >= 0.3 is 6.03 Å². The standard InChI is InChI=1S/C18H20Cl2N2O4/c1-11(12-3-6-16(26-8-7-23)17(9-12)25-2)21-18(24)22-13-4-5-14(19)15(20)10-13/h3-6,9-11,23H,7-8H2,1-2H3,(H2,21,22,24). The van der Waals surface area contributed by atoms with Crippen molar-refractivity contribution in [3.05, 3.63) is 52.0 Å². The molecule has 8 heteroatoms. The Hall–Kier alpha value is -2.15. The third-order valence-corrected chi connectivity index (χ3v) is 4.30. The molecule has 6 nitrogen and oxygen atoms in total. The van der Waals surface area contributed by atoms with Crippen LogP contribution in [-0.4, -0.2) is 31.5 Å². The van der Waals surface area contributed by atoms with Gasteiger partial charge in [0.2, 0.25) is 0 Å². The summed E-state index contributed by atoms with van der Waals surface area (Å²) in [6.45, 7) is 1.94. The Kier molecular flexibility index (Phi) is 7.38. The van der Waals surface area contributed by atoms with E-state index in [0.29, 0.717) is 27.2 Å². The predicted molar refractivity (Wildman–Crippen MR) is 103 cm³/mol. The van der Waals surface area contributed by atoms with Crippen molar-refractivity contribution in [1.29, 1.82) is 0 Å². The molecule has 0 saturated heterocycles. The van der Waals surface area contributed by atoms with Gasteiger partial charge in [-0.2, -0.15) is 0 Å². The van der Waals surface area contributed by atoms with Gasteiger partial charge in [-0.25, -0.2) is 4.79 Å². The van der Waals surface area contributed by atoms with Gasteiger partial charge in [0.15, 0.2) is 11.5 Å². The van der Waals surface area contributed by atoms with E-state index in [0.717, 1.165) is 5.56 Å². The number of aliphatic hydroxyl groups excluding tert-OH is 1. The maximum absolute atomic E-state index is 12.2. The average molecular weight is 399 g/mol. The largest absolute Gasteiger partial charge is 0.493 e. The van der Waals surface area contributed by atoms with Crippen molar-refractivity contribution >= 4 is 34.9 Å². The topological polar surface area (TPSA) is 79.8 Å². The van der Waals surface area contributed by atoms with Gasteiger partial charge in [-0.1, -0.05) is 29.3 Å². The molecule has 140 valence electrons. The summed E-state index contributed by atoms with van der Waals surface area (Å²) in [6, 6.07) is 9.52. The van der Waals surface area contributed by atoms with Crippen molar-refractivity contribution < 1.29 is 19.4 Å². The van der Waals surface area contributed by atoms with Crippen LogP contribution in [0.25, 0.3) is 0 Å². The number of halogens is 2. The van der Waals surface area contributed by atoms with Crippen LogP contribution in [0.4, 0.5) is 10.5 Å². The van der Waals surface area contributed by atoms with Crippen LogP contribution in [0.1, 0.15) is 18.5 Å². The van der Waals surface area contributed by atoms with E-state index in [1.807, 2.05) is 13.0 Å². The monoisotopic (exact) mass is 398 g/mol. The van der Waals surface area contributed by atoms with Gasteiger partial charge < -0.3 is 25.2 Å². The summed E-state index contributed by atoms with van der Waals surface area (Å²) >= 11 is 11.8. The molecule has 2 aromatic rings. The normalized spacial score (nSPS) is 11.6. The van der Waals surface area contributed by atoms with Crippen molar-refractivity contribution in [2.45, 2.75) is 13.0 Å². The van der Waals surface area contributed by atoms with Crippen molar-refractivity contribution in [3.8, 4) is 11.5 Å². The van der Waals surface area contributed by atoms with E-state index < -0.39 is 0 Å². The van der Waals surface area contributed by atoms with Crippen LogP contribution in [-0.2, 0) is 0 Å². The molecule has 0 spiro atoms. The smallest absolute Gasteiger partial charge is 0.319 e. The Bertz CT molecular complexity index is 771. The molecule has 1 unspecified atom stereocenters. The number of hydrogen-bond donors (Lipinski definition) is 3. The fourth-order valence-corrected chi connectivity index (χ4v) is 2.55. The summed E-state index contributed by atoms with van der Waals surface area (Å²) < 4.78 is 10.7. The number of aliphatic hydroxyl groups is 1. The van der Waals surface area contributed by atoms with Crippen molar-refractivity contribution in [2.75, 3.05) is 25.6 Å². The summed E-state index contributed by atoms with van der Waals surface area (Å²) in [4.78, 5) is 12.2. The SMILES string of the molecule is COc1cc(C(C)NC(=O)Nc2ccc(Cl)c(Cl)c2)ccc1OCCO. The maximum atomic E-state index is 12.2. The highest BCUT2D eigenvalue weighted by atomic mass is 35.5. The first-order chi connectivity index (χ1) is 12.4. The molecule has 0 fully saturated rings. The summed E-state index contributed by atoms with van der Waals surface area (Å²) in [6.07, 6.45) is 0. The number of carbonyl (C=O) groups excluding carboxylic acids is 1. The quantitative estimate of drug-likeness (QED) is 0.650. The van der Waals surface area contributed by atoms with E-state index in [1.54, 1.807) is 30.3 Å². The molecule has 3 N–H and O–H groups in total. The second-order valence-corrected chi connectivity index (χ2v) is 6.25. The molecular weight excluding hydrogens is 379 g/mol. The Labute approximate surface area is 162 Å². The Morgan fingerprint density at radius 1 is 1.15 bits per heavy atom. The number of amides is 2. The van der Waals surface area contributed by atoms with Gasteiger partial charge in [0.1, 0.15) is 6.61 Å². The van der Waals surface area contributed by atoms with Crippen LogP contribution in [0.2, 0.25) is 10.0 Å². The van der Waals surface area contributed by atoms with Crippen LogP contribution in [0, 0.1) is 0 Å². The van der Waals surface area contributed by atoms with Crippen molar-refractivity contribution in [2.24, 2.45) is 0 Å². The first kappa shape index (κ1) is 20.2. The molecule has 0 saturated carbocycles. The summed E-state index contributed by atoms with van der Waals surface area (Å²) in [5.74, 6) is 1.05. The number of nitrogens with one attached hydrogen (secondary N) is 2. The second kappa shape index (κ2) is 9.52. The first-order valence-electron chi connectivity index (χ1n) is 7.88. The predicted octanol–water partition coefficient (Wildman–Crippen LogP) is 4.26. The Balaban J connectivity index is 2.02. The average Bonchev–Trinajstić information content (AvgIpc) is 2.62. The second-order valence-electron chi connectivity index (χ2n) is 5.43. The molecule has 26 heavy (non-hydrogen) atoms. The van der Waals surface area contributed by atoms with Crippen LogP contribution in [0.5, 0.6) is 11.5 Å². The minimum absolute atomic E-state index is 0.0856. The van der Waals surface area contributed by atoms with Gasteiger partial charge in [0.05, 0.1) is 29.8 Å². The molecule has 0 radical (unpaired) electrons. The zero-order valence-corrected chi connectivity index (χ0v) is 15.9. The number of anilines is 1. The number of methoxy groups -OCH3 is 1. The van der Waals surface area contributed by atoms with Gasteiger partial charge in [-0.05, 0) is 42.8 Å². The van der Waals surface area contributed by atoms with Crippen molar-refractivity contribution in [3.63, 3.8) is 0 Å². The van der Waals surface area contributed by atoms with E-state index in [9.17, 15) is 4.79 Å². The minimum Gasteiger partial charge on any atom is -0.493 e. The molecule has 2 rings (SSSR count). The lowest BCUT2D eigenvalue weighted by molar-refractivity contribution is 0.196. The number of rotatable bonds is 7. The number of urea groups is 1. The fourth-order valence-electron chi connectivity index (χ4n) is 2.25. The third-order valence-electron chi connectivity index (χ3n) is 3.56. The number of benzene rings is 2. The zero-order chi connectivity index (χ0) is 19.1. The highest BCUT2D eigenvalue weighted by Gasteiger charge is 2.13. The fraction of sp³-hybridized carbons (Fsp3) is 0.278. The van der Waals surface area contributed by atoms with E-state index in [2.05, 4.69) is 10.6 Å². The molecule has 0 bridgehead atoms. The molecule has 2 aromatic carbocycles. The minimum atomic E-state index is -0.379. The highest BCUT2D eigenvalue weighted by Crippen LogP contribution is 2.30. The lowest BCUT2D eigenvalue weighted by Crippen LogP contribution is -2.31. The zero-order valence-electron chi connectivity index (χ0n) is 14.4. The third kappa shape index (κ3) is 5.42. The van der Waals surface area contributed by atoms with Gasteiger partial charge in [0.25, 0.3) is 0 Å². The highest BCUT2D eigenvalue weighted by molar-refractivity contribution is 6.42.